The molecule has 0 fully saturated rings. The van der Waals surface area contributed by atoms with Gasteiger partial charge in [0.15, 0.2) is 6.61 Å². The summed E-state index contributed by atoms with van der Waals surface area (Å²) in [6.45, 7) is 3.21. The lowest BCUT2D eigenvalue weighted by Gasteiger charge is -2.27. The third-order valence-corrected chi connectivity index (χ3v) is 2.99. The van der Waals surface area contributed by atoms with Gasteiger partial charge >= 0.3 is 0 Å². The van der Waals surface area contributed by atoms with Gasteiger partial charge in [0, 0.05) is 12.1 Å². The first kappa shape index (κ1) is 15.9. The SMILES string of the molecule is CCC(C)(CO)NC(=O)COc1ccc([N+](=O)[O-])cc1. The Balaban J connectivity index is 2.50. The molecule has 1 aromatic rings. The Bertz CT molecular complexity index is 468. The first-order chi connectivity index (χ1) is 9.40. The number of nitro benzene ring substituents is 1. The molecular weight excluding hydrogens is 264 g/mol. The lowest BCUT2D eigenvalue weighted by molar-refractivity contribution is -0.384. The zero-order valence-corrected chi connectivity index (χ0v) is 11.5. The second-order valence-corrected chi connectivity index (χ2v) is 4.66. The summed E-state index contributed by atoms with van der Waals surface area (Å²) in [7, 11) is 0. The van der Waals surface area contributed by atoms with E-state index >= 15 is 0 Å². The van der Waals surface area contributed by atoms with Crippen molar-refractivity contribution in [2.24, 2.45) is 0 Å². The molecule has 1 atom stereocenters. The van der Waals surface area contributed by atoms with Crippen LogP contribution in [0.25, 0.3) is 0 Å². The van der Waals surface area contributed by atoms with Gasteiger partial charge in [0.25, 0.3) is 11.6 Å². The van der Waals surface area contributed by atoms with E-state index in [0.29, 0.717) is 12.2 Å². The molecule has 0 saturated heterocycles. The molecule has 20 heavy (non-hydrogen) atoms. The molecule has 0 aliphatic heterocycles. The molecule has 7 heteroatoms. The van der Waals surface area contributed by atoms with E-state index in [1.54, 1.807) is 6.92 Å². The third-order valence-electron chi connectivity index (χ3n) is 2.99. The van der Waals surface area contributed by atoms with Crippen LogP contribution in [-0.4, -0.2) is 34.7 Å². The van der Waals surface area contributed by atoms with Gasteiger partial charge < -0.3 is 15.2 Å². The Hall–Kier alpha value is -2.15. The maximum absolute atomic E-state index is 11.7. The summed E-state index contributed by atoms with van der Waals surface area (Å²) in [5.41, 5.74) is -0.712. The number of amides is 1. The minimum Gasteiger partial charge on any atom is -0.484 e. The number of rotatable bonds is 7. The summed E-state index contributed by atoms with van der Waals surface area (Å²) in [6.07, 6.45) is 0.590. The molecule has 0 aliphatic carbocycles. The predicted octanol–water partition coefficient (Wildman–Crippen LogP) is 1.25. The number of ether oxygens (including phenoxy) is 1. The molecule has 7 nitrogen and oxygen atoms in total. The average Bonchev–Trinajstić information content (AvgIpc) is 2.45. The van der Waals surface area contributed by atoms with Crippen LogP contribution in [0, 0.1) is 10.1 Å². The van der Waals surface area contributed by atoms with E-state index in [1.807, 2.05) is 6.92 Å². The summed E-state index contributed by atoms with van der Waals surface area (Å²) in [5, 5.41) is 22.3. The second-order valence-electron chi connectivity index (χ2n) is 4.66. The van der Waals surface area contributed by atoms with E-state index < -0.39 is 10.5 Å². The lowest BCUT2D eigenvalue weighted by atomic mass is 10.0. The van der Waals surface area contributed by atoms with Crippen LogP contribution in [0.5, 0.6) is 5.75 Å². The van der Waals surface area contributed by atoms with Gasteiger partial charge in [-0.2, -0.15) is 0 Å². The molecule has 0 aliphatic rings. The van der Waals surface area contributed by atoms with Crippen molar-refractivity contribution in [2.45, 2.75) is 25.8 Å². The van der Waals surface area contributed by atoms with Gasteiger partial charge in [-0.05, 0) is 25.5 Å². The molecule has 1 amide bonds. The highest BCUT2D eigenvalue weighted by Gasteiger charge is 2.23. The summed E-state index contributed by atoms with van der Waals surface area (Å²) < 4.78 is 5.22. The van der Waals surface area contributed by atoms with Gasteiger partial charge in [-0.15, -0.1) is 0 Å². The zero-order chi connectivity index (χ0) is 15.2. The maximum Gasteiger partial charge on any atom is 0.269 e. The van der Waals surface area contributed by atoms with Crippen LogP contribution in [0.1, 0.15) is 20.3 Å². The Morgan fingerprint density at radius 1 is 1.45 bits per heavy atom. The zero-order valence-electron chi connectivity index (χ0n) is 11.5. The minimum absolute atomic E-state index is 0.0411. The number of carbonyl (C=O) groups excluding carboxylic acids is 1. The number of benzene rings is 1. The quantitative estimate of drug-likeness (QED) is 0.579. The van der Waals surface area contributed by atoms with Crippen molar-refractivity contribution < 1.29 is 19.6 Å². The summed E-state index contributed by atoms with van der Waals surface area (Å²) in [5.74, 6) is 0.00898. The smallest absolute Gasteiger partial charge is 0.269 e. The molecule has 0 spiro atoms. The number of hydrogen-bond acceptors (Lipinski definition) is 5. The number of nitro groups is 1. The molecule has 0 radical (unpaired) electrons. The van der Waals surface area contributed by atoms with Gasteiger partial charge in [-0.25, -0.2) is 0 Å². The fourth-order valence-electron chi connectivity index (χ4n) is 1.43. The third kappa shape index (κ3) is 4.51. The van der Waals surface area contributed by atoms with Gasteiger partial charge in [-0.3, -0.25) is 14.9 Å². The van der Waals surface area contributed by atoms with Crippen LogP contribution in [0.4, 0.5) is 5.69 Å². The summed E-state index contributed by atoms with van der Waals surface area (Å²) in [4.78, 5) is 21.6. The van der Waals surface area contributed by atoms with Crippen molar-refractivity contribution in [2.75, 3.05) is 13.2 Å². The van der Waals surface area contributed by atoms with E-state index in [9.17, 15) is 20.0 Å². The Morgan fingerprint density at radius 2 is 2.05 bits per heavy atom. The topological polar surface area (TPSA) is 102 Å². The van der Waals surface area contributed by atoms with E-state index in [1.165, 1.54) is 24.3 Å². The van der Waals surface area contributed by atoms with Crippen LogP contribution >= 0.6 is 0 Å². The average molecular weight is 282 g/mol. The number of nitrogens with one attached hydrogen (secondary N) is 1. The first-order valence-electron chi connectivity index (χ1n) is 6.19. The van der Waals surface area contributed by atoms with E-state index in [0.717, 1.165) is 0 Å². The summed E-state index contributed by atoms with van der Waals surface area (Å²) >= 11 is 0. The number of aliphatic hydroxyl groups is 1. The van der Waals surface area contributed by atoms with Gasteiger partial charge in [0.2, 0.25) is 0 Å². The molecule has 0 saturated carbocycles. The fourth-order valence-corrected chi connectivity index (χ4v) is 1.43. The molecule has 1 unspecified atom stereocenters. The number of nitrogens with zero attached hydrogens (tertiary/aromatic N) is 1. The van der Waals surface area contributed by atoms with Crippen molar-refractivity contribution in [3.63, 3.8) is 0 Å². The van der Waals surface area contributed by atoms with E-state index in [2.05, 4.69) is 5.32 Å². The Kier molecular flexibility index (Phi) is 5.45. The lowest BCUT2D eigenvalue weighted by Crippen LogP contribution is -2.49. The Morgan fingerprint density at radius 3 is 2.50 bits per heavy atom. The van der Waals surface area contributed by atoms with Crippen molar-refractivity contribution >= 4 is 11.6 Å². The predicted molar refractivity (Wildman–Crippen MR) is 72.5 cm³/mol. The molecule has 2 N–H and O–H groups in total. The molecule has 1 aromatic carbocycles. The van der Waals surface area contributed by atoms with Crippen molar-refractivity contribution in [3.8, 4) is 5.75 Å². The number of hydrogen-bond donors (Lipinski definition) is 2. The largest absolute Gasteiger partial charge is 0.484 e. The normalized spacial score (nSPS) is 13.3. The number of aliphatic hydroxyl groups excluding tert-OH is 1. The van der Waals surface area contributed by atoms with Crippen molar-refractivity contribution in [1.29, 1.82) is 0 Å². The van der Waals surface area contributed by atoms with Gasteiger partial charge in [-0.1, -0.05) is 6.92 Å². The molecular formula is C13H18N2O5. The maximum atomic E-state index is 11.7. The number of non-ortho nitro benzene ring substituents is 1. The van der Waals surface area contributed by atoms with Crippen LogP contribution in [0.2, 0.25) is 0 Å². The van der Waals surface area contributed by atoms with E-state index in [-0.39, 0.29) is 24.8 Å². The van der Waals surface area contributed by atoms with Crippen LogP contribution in [-0.2, 0) is 4.79 Å². The summed E-state index contributed by atoms with van der Waals surface area (Å²) in [6, 6.07) is 5.46. The van der Waals surface area contributed by atoms with E-state index in [4.69, 9.17) is 4.74 Å². The molecule has 110 valence electrons. The second kappa shape index (κ2) is 6.85. The molecule has 0 bridgehead atoms. The number of carbonyl (C=O) groups is 1. The van der Waals surface area contributed by atoms with Crippen LogP contribution in [0.3, 0.4) is 0 Å². The first-order valence-corrected chi connectivity index (χ1v) is 6.19. The van der Waals surface area contributed by atoms with Crippen molar-refractivity contribution in [3.05, 3.63) is 34.4 Å². The van der Waals surface area contributed by atoms with Crippen LogP contribution in [0.15, 0.2) is 24.3 Å². The highest BCUT2D eigenvalue weighted by atomic mass is 16.6. The molecule has 0 aromatic heterocycles. The highest BCUT2D eigenvalue weighted by molar-refractivity contribution is 5.78. The minimum atomic E-state index is -0.671. The Labute approximate surface area is 116 Å². The van der Waals surface area contributed by atoms with Crippen LogP contribution < -0.4 is 10.1 Å². The van der Waals surface area contributed by atoms with Crippen molar-refractivity contribution in [1.82, 2.24) is 5.32 Å². The molecule has 0 heterocycles. The molecule has 1 rings (SSSR count). The fraction of sp³-hybridized carbons (Fsp3) is 0.462. The standard InChI is InChI=1S/C13H18N2O5/c1-3-13(2,9-16)14-12(17)8-20-11-6-4-10(5-7-11)15(18)19/h4-7,16H,3,8-9H2,1-2H3,(H,14,17). The monoisotopic (exact) mass is 282 g/mol. The highest BCUT2D eigenvalue weighted by Crippen LogP contribution is 2.17. The van der Waals surface area contributed by atoms with Gasteiger partial charge in [0.05, 0.1) is 17.1 Å². The van der Waals surface area contributed by atoms with Gasteiger partial charge in [0.1, 0.15) is 5.75 Å².